The largest absolute Gasteiger partial charge is 0.457 e. The Morgan fingerprint density at radius 2 is 1.59 bits per heavy atom. The van der Waals surface area contributed by atoms with Crippen molar-refractivity contribution in [1.29, 1.82) is 0 Å². The lowest BCUT2D eigenvalue weighted by molar-refractivity contribution is 0.482. The van der Waals surface area contributed by atoms with Crippen LogP contribution in [-0.4, -0.2) is 22.8 Å². The third-order valence-electron chi connectivity index (χ3n) is 4.68. The minimum Gasteiger partial charge on any atom is -0.457 e. The number of ether oxygens (including phenoxy) is 1. The molecule has 1 heterocycles. The third-order valence-corrected chi connectivity index (χ3v) is 4.68. The van der Waals surface area contributed by atoms with Crippen molar-refractivity contribution in [2.24, 2.45) is 12.0 Å². The first-order chi connectivity index (χ1) is 13.6. The van der Waals surface area contributed by atoms with Gasteiger partial charge in [0.25, 0.3) is 0 Å². The molecule has 0 aliphatic carbocycles. The number of para-hydroxylation sites is 1. The molecule has 3 rings (SSSR count). The summed E-state index contributed by atoms with van der Waals surface area (Å²) >= 11 is 0. The van der Waals surface area contributed by atoms with Crippen molar-refractivity contribution >= 4 is 29.9 Å². The molecule has 0 amide bonds. The molecule has 0 unspecified atom stereocenters. The van der Waals surface area contributed by atoms with E-state index in [9.17, 15) is 0 Å². The molecule has 0 radical (unpaired) electrons. The molecule has 1 aromatic heterocycles. The molecule has 2 N–H and O–H groups in total. The number of aryl methyl sites for hydroxylation is 2. The van der Waals surface area contributed by atoms with Gasteiger partial charge in [-0.05, 0) is 43.7 Å². The molecule has 7 heteroatoms. The van der Waals surface area contributed by atoms with Gasteiger partial charge in [0.05, 0.1) is 5.69 Å². The van der Waals surface area contributed by atoms with E-state index in [4.69, 9.17) is 4.74 Å². The summed E-state index contributed by atoms with van der Waals surface area (Å²) in [6, 6.07) is 17.8. The third kappa shape index (κ3) is 6.22. The van der Waals surface area contributed by atoms with Crippen LogP contribution in [0.3, 0.4) is 0 Å². The van der Waals surface area contributed by atoms with E-state index >= 15 is 0 Å². The van der Waals surface area contributed by atoms with E-state index in [1.54, 1.807) is 7.05 Å². The zero-order valence-corrected chi connectivity index (χ0v) is 19.6. The molecule has 0 aliphatic heterocycles. The number of halogens is 1. The van der Waals surface area contributed by atoms with Crippen LogP contribution in [0, 0.1) is 13.8 Å². The summed E-state index contributed by atoms with van der Waals surface area (Å²) < 4.78 is 7.73. The minimum absolute atomic E-state index is 0. The van der Waals surface area contributed by atoms with Gasteiger partial charge in [0.1, 0.15) is 11.5 Å². The Kier molecular flexibility index (Phi) is 8.50. The second kappa shape index (κ2) is 10.8. The average Bonchev–Trinajstić information content (AvgIpc) is 2.95. The molecule has 0 bridgehead atoms. The number of rotatable bonds is 6. The summed E-state index contributed by atoms with van der Waals surface area (Å²) in [6.07, 6.45) is 0. The average molecular weight is 505 g/mol. The molecule has 0 saturated carbocycles. The first-order valence-electron chi connectivity index (χ1n) is 9.32. The Labute approximate surface area is 189 Å². The van der Waals surface area contributed by atoms with Gasteiger partial charge in [0, 0.05) is 38.4 Å². The van der Waals surface area contributed by atoms with Crippen molar-refractivity contribution in [1.82, 2.24) is 20.4 Å². The van der Waals surface area contributed by atoms with Crippen molar-refractivity contribution in [2.75, 3.05) is 7.05 Å². The molecular weight excluding hydrogens is 477 g/mol. The van der Waals surface area contributed by atoms with Crippen molar-refractivity contribution in [3.05, 3.63) is 77.1 Å². The molecule has 0 aliphatic rings. The molecule has 29 heavy (non-hydrogen) atoms. The SMILES string of the molecule is CN=C(NCc1ccc(Oc2ccccc2)cc1)NCc1c(C)nn(C)c1C.I. The number of benzene rings is 2. The van der Waals surface area contributed by atoms with Crippen LogP contribution < -0.4 is 15.4 Å². The molecular formula is C22H28IN5O. The Morgan fingerprint density at radius 3 is 2.17 bits per heavy atom. The van der Waals surface area contributed by atoms with E-state index in [1.807, 2.05) is 73.3 Å². The molecule has 154 valence electrons. The van der Waals surface area contributed by atoms with Crippen LogP contribution in [-0.2, 0) is 20.1 Å². The molecule has 0 fully saturated rings. The fraction of sp³-hybridized carbons (Fsp3) is 0.273. The van der Waals surface area contributed by atoms with Gasteiger partial charge in [-0.25, -0.2) is 0 Å². The zero-order valence-electron chi connectivity index (χ0n) is 17.3. The summed E-state index contributed by atoms with van der Waals surface area (Å²) in [6.45, 7) is 5.47. The van der Waals surface area contributed by atoms with Crippen LogP contribution in [0.1, 0.15) is 22.5 Å². The molecule has 2 aromatic carbocycles. The van der Waals surface area contributed by atoms with Gasteiger partial charge in [-0.2, -0.15) is 5.10 Å². The summed E-state index contributed by atoms with van der Waals surface area (Å²) in [5.74, 6) is 2.41. The maximum Gasteiger partial charge on any atom is 0.191 e. The van der Waals surface area contributed by atoms with E-state index in [0.29, 0.717) is 13.1 Å². The van der Waals surface area contributed by atoms with Crippen LogP contribution in [0.25, 0.3) is 0 Å². The summed E-state index contributed by atoms with van der Waals surface area (Å²) in [5.41, 5.74) is 4.55. The number of guanidine groups is 1. The smallest absolute Gasteiger partial charge is 0.191 e. The lowest BCUT2D eigenvalue weighted by Gasteiger charge is -2.13. The maximum absolute atomic E-state index is 5.83. The molecule has 0 saturated heterocycles. The zero-order chi connectivity index (χ0) is 19.9. The number of aromatic nitrogens is 2. The van der Waals surface area contributed by atoms with E-state index in [2.05, 4.69) is 27.6 Å². The van der Waals surface area contributed by atoms with Crippen molar-refractivity contribution in [3.63, 3.8) is 0 Å². The summed E-state index contributed by atoms with van der Waals surface area (Å²) in [5, 5.41) is 11.1. The number of aliphatic imine (C=N–C) groups is 1. The first-order valence-corrected chi connectivity index (χ1v) is 9.32. The monoisotopic (exact) mass is 505 g/mol. The second-order valence-corrected chi connectivity index (χ2v) is 6.61. The Balaban J connectivity index is 0.00000300. The summed E-state index contributed by atoms with van der Waals surface area (Å²) in [4.78, 5) is 4.30. The predicted octanol–water partition coefficient (Wildman–Crippen LogP) is 4.31. The molecule has 3 aromatic rings. The topological polar surface area (TPSA) is 63.5 Å². The van der Waals surface area contributed by atoms with Gasteiger partial charge >= 0.3 is 0 Å². The van der Waals surface area contributed by atoms with Crippen LogP contribution in [0.5, 0.6) is 11.5 Å². The Bertz CT molecular complexity index is 936. The van der Waals surface area contributed by atoms with Crippen LogP contribution in [0.15, 0.2) is 59.6 Å². The van der Waals surface area contributed by atoms with Gasteiger partial charge in [0.15, 0.2) is 5.96 Å². The highest BCUT2D eigenvalue weighted by Gasteiger charge is 2.09. The normalized spacial score (nSPS) is 11.0. The highest BCUT2D eigenvalue weighted by Crippen LogP contribution is 2.21. The van der Waals surface area contributed by atoms with Crippen molar-refractivity contribution < 1.29 is 4.74 Å². The standard InChI is InChI=1S/C22H27N5O.HI/c1-16-21(17(2)27(4)26-16)15-25-22(23-3)24-14-18-10-12-20(13-11-18)28-19-8-6-5-7-9-19;/h5-13H,14-15H2,1-4H3,(H2,23,24,25);1H. The molecule has 6 nitrogen and oxygen atoms in total. The van der Waals surface area contributed by atoms with Crippen LogP contribution >= 0.6 is 24.0 Å². The quantitative estimate of drug-likeness (QED) is 0.298. The van der Waals surface area contributed by atoms with Gasteiger partial charge < -0.3 is 15.4 Å². The number of nitrogens with one attached hydrogen (secondary N) is 2. The fourth-order valence-electron chi connectivity index (χ4n) is 2.95. The van der Waals surface area contributed by atoms with Gasteiger partial charge in [0.2, 0.25) is 0 Å². The number of nitrogens with zero attached hydrogens (tertiary/aromatic N) is 3. The van der Waals surface area contributed by atoms with Gasteiger partial charge in [-0.15, -0.1) is 24.0 Å². The highest BCUT2D eigenvalue weighted by molar-refractivity contribution is 14.0. The highest BCUT2D eigenvalue weighted by atomic mass is 127. The van der Waals surface area contributed by atoms with E-state index in [1.165, 1.54) is 5.56 Å². The maximum atomic E-state index is 5.83. The Hall–Kier alpha value is -2.55. The van der Waals surface area contributed by atoms with E-state index in [0.717, 1.165) is 34.4 Å². The van der Waals surface area contributed by atoms with E-state index in [-0.39, 0.29) is 24.0 Å². The molecule has 0 spiro atoms. The minimum atomic E-state index is 0. The number of hydrogen-bond acceptors (Lipinski definition) is 3. The van der Waals surface area contributed by atoms with Crippen LogP contribution in [0.2, 0.25) is 0 Å². The molecule has 0 atom stereocenters. The second-order valence-electron chi connectivity index (χ2n) is 6.61. The van der Waals surface area contributed by atoms with Gasteiger partial charge in [-0.3, -0.25) is 9.67 Å². The van der Waals surface area contributed by atoms with Crippen LogP contribution in [0.4, 0.5) is 0 Å². The van der Waals surface area contributed by atoms with Gasteiger partial charge in [-0.1, -0.05) is 30.3 Å². The van der Waals surface area contributed by atoms with Crippen molar-refractivity contribution in [3.8, 4) is 11.5 Å². The predicted molar refractivity (Wildman–Crippen MR) is 128 cm³/mol. The van der Waals surface area contributed by atoms with Crippen molar-refractivity contribution in [2.45, 2.75) is 26.9 Å². The lowest BCUT2D eigenvalue weighted by Crippen LogP contribution is -2.36. The fourth-order valence-corrected chi connectivity index (χ4v) is 2.95. The van der Waals surface area contributed by atoms with E-state index < -0.39 is 0 Å². The number of hydrogen-bond donors (Lipinski definition) is 2. The Morgan fingerprint density at radius 1 is 0.966 bits per heavy atom. The first kappa shape index (κ1) is 22.7. The summed E-state index contributed by atoms with van der Waals surface area (Å²) in [7, 11) is 3.74. The lowest BCUT2D eigenvalue weighted by atomic mass is 10.2.